The van der Waals surface area contributed by atoms with Crippen LogP contribution in [-0.4, -0.2) is 12.8 Å². The Morgan fingerprint density at radius 3 is 2.70 bits per heavy atom. The molecule has 0 amide bonds. The van der Waals surface area contributed by atoms with Crippen LogP contribution in [0.2, 0.25) is 0 Å². The fourth-order valence-corrected chi connectivity index (χ4v) is 0.265. The third-order valence-corrected chi connectivity index (χ3v) is 0.580. The van der Waals surface area contributed by atoms with E-state index in [9.17, 15) is 4.79 Å². The number of hydrogen-bond acceptors (Lipinski definition) is 3. The van der Waals surface area contributed by atoms with Crippen LogP contribution in [0.25, 0.3) is 0 Å². The van der Waals surface area contributed by atoms with Gasteiger partial charge in [-0.1, -0.05) is 19.2 Å². The molecule has 0 aliphatic heterocycles. The van der Waals surface area contributed by atoms with E-state index in [0.717, 1.165) is 6.61 Å². The lowest BCUT2D eigenvalue weighted by molar-refractivity contribution is 0.0866. The number of hydrogen-bond donors (Lipinski definition) is 0. The fourth-order valence-electron chi connectivity index (χ4n) is 0.265. The van der Waals surface area contributed by atoms with Crippen molar-refractivity contribution in [3.8, 4) is 0 Å². The van der Waals surface area contributed by atoms with E-state index >= 15 is 0 Å². The van der Waals surface area contributed by atoms with Crippen molar-refractivity contribution < 1.29 is 14.3 Å². The van der Waals surface area contributed by atoms with E-state index in [1.165, 1.54) is 12.2 Å². The quantitative estimate of drug-likeness (QED) is 0.441. The lowest BCUT2D eigenvalue weighted by Gasteiger charge is -1.98. The first kappa shape index (κ1) is 8.75. The Balaban J connectivity index is 3.24. The maximum Gasteiger partial charge on any atom is 0.509 e. The highest BCUT2D eigenvalue weighted by molar-refractivity contribution is 5.60. The highest BCUT2D eigenvalue weighted by Crippen LogP contribution is 1.88. The van der Waals surface area contributed by atoms with Gasteiger partial charge in [0.15, 0.2) is 6.61 Å². The van der Waals surface area contributed by atoms with E-state index in [-0.39, 0.29) is 6.61 Å². The summed E-state index contributed by atoms with van der Waals surface area (Å²) in [5, 5.41) is 0. The van der Waals surface area contributed by atoms with E-state index in [1.54, 1.807) is 0 Å². The molecule has 0 aliphatic rings. The molecule has 0 atom stereocenters. The first-order valence-corrected chi connectivity index (χ1v) is 2.69. The van der Waals surface area contributed by atoms with E-state index in [4.69, 9.17) is 0 Å². The number of carbonyl (C=O) groups excluding carboxylic acids is 1. The topological polar surface area (TPSA) is 35.5 Å². The molecular weight excluding hydrogens is 132 g/mol. The second-order valence-corrected chi connectivity index (χ2v) is 1.34. The molecule has 0 saturated heterocycles. The molecule has 0 aromatic carbocycles. The van der Waals surface area contributed by atoms with Gasteiger partial charge in [0.25, 0.3) is 0 Å². The standard InChI is InChI=1S/C7H9O3/c1-3-5-9-7(8)10-6-4-2/h3-5H,1-2,6H2. The van der Waals surface area contributed by atoms with Crippen molar-refractivity contribution in [2.45, 2.75) is 0 Å². The van der Waals surface area contributed by atoms with Gasteiger partial charge >= 0.3 is 6.16 Å². The third kappa shape index (κ3) is 4.90. The minimum Gasteiger partial charge on any atom is -0.430 e. The second kappa shape index (κ2) is 5.88. The van der Waals surface area contributed by atoms with Crippen LogP contribution in [0, 0.1) is 6.61 Å². The molecule has 0 fully saturated rings. The molecule has 0 N–H and O–H groups in total. The Morgan fingerprint density at radius 1 is 1.50 bits per heavy atom. The van der Waals surface area contributed by atoms with Crippen LogP contribution in [0.1, 0.15) is 0 Å². The van der Waals surface area contributed by atoms with Crippen molar-refractivity contribution in [3.05, 3.63) is 31.9 Å². The predicted octanol–water partition coefficient (Wildman–Crippen LogP) is 1.67. The summed E-state index contributed by atoms with van der Waals surface area (Å²) in [6.45, 7) is 7.96. The van der Waals surface area contributed by atoms with Gasteiger partial charge in [-0.2, -0.15) is 0 Å². The number of ether oxygens (including phenoxy) is 2. The van der Waals surface area contributed by atoms with E-state index in [1.807, 2.05) is 0 Å². The summed E-state index contributed by atoms with van der Waals surface area (Å²) >= 11 is 0. The van der Waals surface area contributed by atoms with Gasteiger partial charge in [0.1, 0.15) is 6.61 Å². The zero-order chi connectivity index (χ0) is 7.82. The van der Waals surface area contributed by atoms with E-state index < -0.39 is 6.16 Å². The summed E-state index contributed by atoms with van der Waals surface area (Å²) in [6, 6.07) is 0. The Kier molecular flexibility index (Phi) is 5.14. The molecule has 0 bridgehead atoms. The lowest BCUT2D eigenvalue weighted by Crippen LogP contribution is -2.04. The molecule has 0 spiro atoms. The first-order chi connectivity index (χ1) is 4.81. The zero-order valence-corrected chi connectivity index (χ0v) is 5.58. The van der Waals surface area contributed by atoms with Gasteiger partial charge in [-0.05, 0) is 6.08 Å². The zero-order valence-electron chi connectivity index (χ0n) is 5.58. The average molecular weight is 141 g/mol. The summed E-state index contributed by atoms with van der Waals surface area (Å²) < 4.78 is 8.78. The molecule has 55 valence electrons. The summed E-state index contributed by atoms with van der Waals surface area (Å²) in [4.78, 5) is 10.4. The monoisotopic (exact) mass is 141 g/mol. The second-order valence-electron chi connectivity index (χ2n) is 1.34. The van der Waals surface area contributed by atoms with Crippen LogP contribution in [0.4, 0.5) is 4.79 Å². The van der Waals surface area contributed by atoms with Crippen molar-refractivity contribution in [3.63, 3.8) is 0 Å². The van der Waals surface area contributed by atoms with Crippen LogP contribution in [0.15, 0.2) is 25.3 Å². The van der Waals surface area contributed by atoms with Crippen molar-refractivity contribution in [1.29, 1.82) is 0 Å². The highest BCUT2D eigenvalue weighted by atomic mass is 16.7. The van der Waals surface area contributed by atoms with Gasteiger partial charge in [0.2, 0.25) is 0 Å². The SMILES string of the molecule is C=C[CH]OC(=O)OCC=C. The minimum absolute atomic E-state index is 0.157. The van der Waals surface area contributed by atoms with Gasteiger partial charge in [-0.15, -0.1) is 0 Å². The van der Waals surface area contributed by atoms with Crippen molar-refractivity contribution in [2.24, 2.45) is 0 Å². The first-order valence-electron chi connectivity index (χ1n) is 2.69. The maximum atomic E-state index is 10.4. The van der Waals surface area contributed by atoms with Crippen molar-refractivity contribution in [1.82, 2.24) is 0 Å². The minimum atomic E-state index is -0.750. The van der Waals surface area contributed by atoms with Crippen LogP contribution < -0.4 is 0 Å². The molecule has 0 saturated carbocycles. The Hall–Kier alpha value is -1.25. The summed E-state index contributed by atoms with van der Waals surface area (Å²) in [6.07, 6.45) is 2.05. The van der Waals surface area contributed by atoms with Gasteiger partial charge in [-0.3, -0.25) is 0 Å². The van der Waals surface area contributed by atoms with Crippen LogP contribution in [0.5, 0.6) is 0 Å². The van der Waals surface area contributed by atoms with E-state index in [2.05, 4.69) is 22.6 Å². The predicted molar refractivity (Wildman–Crippen MR) is 37.1 cm³/mol. The van der Waals surface area contributed by atoms with Crippen molar-refractivity contribution >= 4 is 6.16 Å². The third-order valence-electron chi connectivity index (χ3n) is 0.580. The Labute approximate surface area is 59.9 Å². The molecule has 0 heterocycles. The molecule has 0 unspecified atom stereocenters. The number of carbonyl (C=O) groups is 1. The van der Waals surface area contributed by atoms with Gasteiger partial charge in [0.05, 0.1) is 0 Å². The highest BCUT2D eigenvalue weighted by Gasteiger charge is 1.98. The van der Waals surface area contributed by atoms with Crippen molar-refractivity contribution in [2.75, 3.05) is 6.61 Å². The van der Waals surface area contributed by atoms with Crippen LogP contribution in [0.3, 0.4) is 0 Å². The average Bonchev–Trinajstić information content (AvgIpc) is 1.97. The molecule has 3 heteroatoms. The van der Waals surface area contributed by atoms with E-state index in [0.29, 0.717) is 0 Å². The maximum absolute atomic E-state index is 10.4. The molecule has 0 aromatic rings. The summed E-state index contributed by atoms with van der Waals surface area (Å²) in [5.41, 5.74) is 0. The van der Waals surface area contributed by atoms with Gasteiger partial charge < -0.3 is 9.47 Å². The van der Waals surface area contributed by atoms with Crippen LogP contribution >= 0.6 is 0 Å². The molecule has 0 aliphatic carbocycles. The Bertz CT molecular complexity index is 115. The molecule has 0 rings (SSSR count). The van der Waals surface area contributed by atoms with Crippen LogP contribution in [-0.2, 0) is 9.47 Å². The molecular formula is C7H9O3. The smallest absolute Gasteiger partial charge is 0.430 e. The summed E-state index contributed by atoms with van der Waals surface area (Å²) in [7, 11) is 0. The van der Waals surface area contributed by atoms with Gasteiger partial charge in [-0.25, -0.2) is 4.79 Å². The molecule has 0 aromatic heterocycles. The van der Waals surface area contributed by atoms with Gasteiger partial charge in [0, 0.05) is 0 Å². The normalized spacial score (nSPS) is 8.00. The summed E-state index contributed by atoms with van der Waals surface area (Å²) in [5.74, 6) is 0. The largest absolute Gasteiger partial charge is 0.509 e. The Morgan fingerprint density at radius 2 is 2.20 bits per heavy atom. The molecule has 1 radical (unpaired) electrons. The molecule has 3 nitrogen and oxygen atoms in total. The lowest BCUT2D eigenvalue weighted by atomic mass is 10.7. The number of rotatable bonds is 4. The fraction of sp³-hybridized carbons (Fsp3) is 0.143. The molecule has 10 heavy (non-hydrogen) atoms.